The fourth-order valence-electron chi connectivity index (χ4n) is 5.07. The van der Waals surface area contributed by atoms with Gasteiger partial charge in [0.1, 0.15) is 6.54 Å². The summed E-state index contributed by atoms with van der Waals surface area (Å²) in [6.07, 6.45) is 7.17. The van der Waals surface area contributed by atoms with Crippen LogP contribution >= 0.6 is 11.3 Å². The molecule has 2 atom stereocenters. The first-order valence-electron chi connectivity index (χ1n) is 11.8. The summed E-state index contributed by atoms with van der Waals surface area (Å²) in [6, 6.07) is 12.5. The Kier molecular flexibility index (Phi) is 7.11. The Morgan fingerprint density at radius 2 is 1.87 bits per heavy atom. The van der Waals surface area contributed by atoms with E-state index in [1.54, 1.807) is 11.3 Å². The number of nitrogens with zero attached hydrogens (tertiary/aromatic N) is 2. The van der Waals surface area contributed by atoms with Crippen LogP contribution in [0.2, 0.25) is 0 Å². The molecule has 5 heteroatoms. The van der Waals surface area contributed by atoms with Crippen LogP contribution in [0.3, 0.4) is 0 Å². The molecule has 2 amide bonds. The second-order valence-electron chi connectivity index (χ2n) is 9.01. The number of benzene rings is 1. The second-order valence-corrected chi connectivity index (χ2v) is 10.0. The van der Waals surface area contributed by atoms with Gasteiger partial charge < -0.3 is 9.80 Å². The number of hydrogen-bond donors (Lipinski definition) is 0. The van der Waals surface area contributed by atoms with Crippen molar-refractivity contribution in [1.29, 1.82) is 0 Å². The smallest absolute Gasteiger partial charge is 0.243 e. The summed E-state index contributed by atoms with van der Waals surface area (Å²) in [6.45, 7) is 5.07. The van der Waals surface area contributed by atoms with E-state index in [-0.39, 0.29) is 36.4 Å². The molecular formula is C26H34N2O2S. The van der Waals surface area contributed by atoms with Crippen LogP contribution in [0.15, 0.2) is 41.8 Å². The zero-order valence-corrected chi connectivity index (χ0v) is 19.6. The van der Waals surface area contributed by atoms with Crippen molar-refractivity contribution in [2.45, 2.75) is 70.9 Å². The fraction of sp³-hybridized carbons (Fsp3) is 0.538. The third kappa shape index (κ3) is 4.72. The maximum atomic E-state index is 13.7. The minimum atomic E-state index is -0.0627. The van der Waals surface area contributed by atoms with E-state index in [4.69, 9.17) is 0 Å². The molecule has 0 bridgehead atoms. The van der Waals surface area contributed by atoms with Gasteiger partial charge in [-0.1, -0.05) is 56.5 Å². The fourth-order valence-corrected chi connectivity index (χ4v) is 5.98. The number of hydrogen-bond acceptors (Lipinski definition) is 3. The van der Waals surface area contributed by atoms with Crippen LogP contribution in [0.4, 0.5) is 0 Å². The lowest BCUT2D eigenvalue weighted by atomic mass is 9.88. The predicted octanol–water partition coefficient (Wildman–Crippen LogP) is 5.43. The van der Waals surface area contributed by atoms with Crippen LogP contribution in [-0.4, -0.2) is 40.7 Å². The predicted molar refractivity (Wildman–Crippen MR) is 126 cm³/mol. The van der Waals surface area contributed by atoms with E-state index in [2.05, 4.69) is 37.4 Å². The molecule has 1 fully saturated rings. The SMILES string of the molecule is CCC(C)N(CC(=O)N1CCc2sccc2C1c1ccccc1)C(=O)C1CCCCC1. The number of carbonyl (C=O) groups is 2. The molecule has 4 rings (SSSR count). The van der Waals surface area contributed by atoms with Gasteiger partial charge in [-0.2, -0.15) is 0 Å². The zero-order valence-electron chi connectivity index (χ0n) is 18.8. The van der Waals surface area contributed by atoms with Crippen molar-refractivity contribution in [2.24, 2.45) is 5.92 Å². The molecule has 2 unspecified atom stereocenters. The standard InChI is InChI=1S/C26H34N2O2S/c1-3-19(2)28(26(30)21-12-8-5-9-13-21)18-24(29)27-16-14-23-22(15-17-31-23)25(27)20-10-6-4-7-11-20/h4,6-7,10-11,15,17,19,21,25H,3,5,8-9,12-14,16,18H2,1-2H3. The zero-order chi connectivity index (χ0) is 21.8. The summed E-state index contributed by atoms with van der Waals surface area (Å²) < 4.78 is 0. The maximum Gasteiger partial charge on any atom is 0.243 e. The number of rotatable bonds is 6. The molecule has 166 valence electrons. The molecule has 0 radical (unpaired) electrons. The van der Waals surface area contributed by atoms with Crippen molar-refractivity contribution in [3.8, 4) is 0 Å². The third-order valence-corrected chi connectivity index (χ3v) is 8.06. The highest BCUT2D eigenvalue weighted by molar-refractivity contribution is 7.10. The van der Waals surface area contributed by atoms with Gasteiger partial charge in [-0.05, 0) is 55.2 Å². The second kappa shape index (κ2) is 9.99. The van der Waals surface area contributed by atoms with Crippen LogP contribution < -0.4 is 0 Å². The van der Waals surface area contributed by atoms with E-state index in [1.807, 2.05) is 28.0 Å². The number of carbonyl (C=O) groups excluding carboxylic acids is 2. The highest BCUT2D eigenvalue weighted by atomic mass is 32.1. The summed E-state index contributed by atoms with van der Waals surface area (Å²) in [7, 11) is 0. The van der Waals surface area contributed by atoms with Crippen LogP contribution in [0.5, 0.6) is 0 Å². The Labute approximate surface area is 190 Å². The van der Waals surface area contributed by atoms with E-state index in [1.165, 1.54) is 16.9 Å². The number of amides is 2. The van der Waals surface area contributed by atoms with Gasteiger partial charge in [-0.25, -0.2) is 0 Å². The van der Waals surface area contributed by atoms with Crippen molar-refractivity contribution < 1.29 is 9.59 Å². The first-order valence-corrected chi connectivity index (χ1v) is 12.7. The summed E-state index contributed by atoms with van der Waals surface area (Å²) in [5.41, 5.74) is 2.38. The monoisotopic (exact) mass is 438 g/mol. The molecule has 0 spiro atoms. The van der Waals surface area contributed by atoms with Crippen molar-refractivity contribution in [3.05, 3.63) is 57.8 Å². The Bertz CT molecular complexity index is 888. The van der Waals surface area contributed by atoms with Crippen molar-refractivity contribution in [3.63, 3.8) is 0 Å². The average molecular weight is 439 g/mol. The normalized spacial score (nSPS) is 20.2. The molecule has 1 aliphatic heterocycles. The number of thiophene rings is 1. The lowest BCUT2D eigenvalue weighted by molar-refractivity contribution is -0.146. The van der Waals surface area contributed by atoms with E-state index in [9.17, 15) is 9.59 Å². The summed E-state index contributed by atoms with van der Waals surface area (Å²) in [4.78, 5) is 32.3. The molecule has 1 aromatic heterocycles. The van der Waals surface area contributed by atoms with E-state index < -0.39 is 0 Å². The molecule has 2 aromatic rings. The highest BCUT2D eigenvalue weighted by Crippen LogP contribution is 2.38. The summed E-state index contributed by atoms with van der Waals surface area (Å²) in [5, 5.41) is 2.13. The molecule has 0 N–H and O–H groups in total. The van der Waals surface area contributed by atoms with Crippen LogP contribution in [-0.2, 0) is 16.0 Å². The van der Waals surface area contributed by atoms with Crippen LogP contribution in [0.1, 0.15) is 74.4 Å². The van der Waals surface area contributed by atoms with E-state index >= 15 is 0 Å². The topological polar surface area (TPSA) is 40.6 Å². The third-order valence-electron chi connectivity index (χ3n) is 7.07. The Hall–Kier alpha value is -2.14. The Balaban J connectivity index is 1.58. The van der Waals surface area contributed by atoms with Crippen molar-refractivity contribution in [2.75, 3.05) is 13.1 Å². The van der Waals surface area contributed by atoms with Gasteiger partial charge in [0.25, 0.3) is 0 Å². The largest absolute Gasteiger partial charge is 0.330 e. The van der Waals surface area contributed by atoms with Crippen molar-refractivity contribution >= 4 is 23.2 Å². The highest BCUT2D eigenvalue weighted by Gasteiger charge is 2.36. The first kappa shape index (κ1) is 22.1. The van der Waals surface area contributed by atoms with E-state index in [0.717, 1.165) is 44.1 Å². The van der Waals surface area contributed by atoms with Gasteiger partial charge in [0.05, 0.1) is 6.04 Å². The lowest BCUT2D eigenvalue weighted by Gasteiger charge is -2.39. The molecular weight excluding hydrogens is 404 g/mol. The molecule has 1 saturated carbocycles. The first-order chi connectivity index (χ1) is 15.1. The quantitative estimate of drug-likeness (QED) is 0.603. The van der Waals surface area contributed by atoms with Gasteiger partial charge >= 0.3 is 0 Å². The van der Waals surface area contributed by atoms with E-state index in [0.29, 0.717) is 6.54 Å². The molecule has 1 aromatic carbocycles. The average Bonchev–Trinajstić information content (AvgIpc) is 3.31. The molecule has 0 saturated heterocycles. The van der Waals surface area contributed by atoms with Crippen LogP contribution in [0.25, 0.3) is 0 Å². The van der Waals surface area contributed by atoms with Crippen molar-refractivity contribution in [1.82, 2.24) is 9.80 Å². The molecule has 1 aliphatic carbocycles. The molecule has 4 nitrogen and oxygen atoms in total. The molecule has 2 aliphatic rings. The summed E-state index contributed by atoms with van der Waals surface area (Å²) in [5.74, 6) is 0.340. The molecule has 2 heterocycles. The van der Waals surface area contributed by atoms with Gasteiger partial charge in [0.2, 0.25) is 11.8 Å². The summed E-state index contributed by atoms with van der Waals surface area (Å²) >= 11 is 1.78. The number of fused-ring (bicyclic) bond motifs is 1. The van der Waals surface area contributed by atoms with Gasteiger partial charge in [0, 0.05) is 23.4 Å². The molecule has 31 heavy (non-hydrogen) atoms. The van der Waals surface area contributed by atoms with Gasteiger partial charge in [0.15, 0.2) is 0 Å². The minimum absolute atomic E-state index is 0.0627. The minimum Gasteiger partial charge on any atom is -0.330 e. The van der Waals surface area contributed by atoms with Gasteiger partial charge in [-0.3, -0.25) is 9.59 Å². The maximum absolute atomic E-state index is 13.7. The van der Waals surface area contributed by atoms with Gasteiger partial charge in [-0.15, -0.1) is 11.3 Å². The Morgan fingerprint density at radius 3 is 2.58 bits per heavy atom. The Morgan fingerprint density at radius 1 is 1.13 bits per heavy atom. The van der Waals surface area contributed by atoms with Crippen LogP contribution in [0, 0.1) is 5.92 Å². The lowest BCUT2D eigenvalue weighted by Crippen LogP contribution is -2.50.